The standard InChI is InChI=1S/C110H138N4O12/c1-20-25-31-77(22-3)109(117)111-91-61-87(113(83-49-41-79(42-50-83)101-93(119-24-5)33-27-34-94(101)120-63-70(6)7)84-51-43-80(44-52-84)102-95(121-64-71(8)9)35-28-36-96(102)122-65-72(10)11)57-59-89(91)105-107(115)106(108(105)116)90-60-58-88(62-92(90)112-110(118)78(23-4)32-26-21-2)114(85-53-45-81(46-54-85)103-97(123-66-73(12)13)37-29-38-98(103)124-67-74(14)15)86-55-47-82(48-56-86)104-99(125-68-75(16)17)39-30-40-100(104)126-69-76(18)19/h27-30,33-62,70-78,105-108H,20-26,31-32,63-69H2,1-19H3,(H,111,117)(H,112,118)/q-2. The van der Waals surface area contributed by atoms with Crippen molar-refractivity contribution in [2.45, 2.75) is 207 Å². The minimum absolute atomic E-state index is 0.187. The Balaban J connectivity index is 1.06. The van der Waals surface area contributed by atoms with E-state index >= 15 is 19.8 Å². The van der Waals surface area contributed by atoms with E-state index in [4.69, 9.17) is 37.9 Å². The number of unbranched alkanes of at least 4 members (excludes halogenated alkanes) is 2. The van der Waals surface area contributed by atoms with Gasteiger partial charge in [-0.3, -0.25) is 9.59 Å². The highest BCUT2D eigenvalue weighted by Crippen LogP contribution is 2.54. The summed E-state index contributed by atoms with van der Waals surface area (Å²) in [6.45, 7) is 44.2. The molecule has 0 heterocycles. The van der Waals surface area contributed by atoms with Gasteiger partial charge in [-0.2, -0.15) is 0 Å². The van der Waals surface area contributed by atoms with Crippen LogP contribution in [-0.2, 0) is 9.59 Å². The second-order valence-corrected chi connectivity index (χ2v) is 36.7. The zero-order chi connectivity index (χ0) is 90.3. The van der Waals surface area contributed by atoms with E-state index in [0.717, 1.165) is 127 Å². The molecule has 1 aliphatic rings. The monoisotopic (exact) mass is 1710 g/mol. The molecule has 0 radical (unpaired) electrons. The van der Waals surface area contributed by atoms with Gasteiger partial charge in [-0.05, 0) is 241 Å². The van der Waals surface area contributed by atoms with Gasteiger partial charge < -0.3 is 68.5 Å². The lowest BCUT2D eigenvalue weighted by molar-refractivity contribution is -0.535. The molecule has 1 fully saturated rings. The number of ether oxygens (including phenoxy) is 8. The smallest absolute Gasteiger partial charge is 0.227 e. The van der Waals surface area contributed by atoms with Crippen molar-refractivity contribution >= 4 is 57.3 Å². The van der Waals surface area contributed by atoms with E-state index in [0.29, 0.717) is 124 Å². The van der Waals surface area contributed by atoms with Gasteiger partial charge in [0, 0.05) is 57.3 Å². The average Bonchev–Trinajstić information content (AvgIpc) is 0.728. The number of hydrogen-bond donors (Lipinski definition) is 2. The first kappa shape index (κ1) is 95.7. The predicted octanol–water partition coefficient (Wildman–Crippen LogP) is 26.6. The first-order chi connectivity index (χ1) is 60.7. The fraction of sp³-hybridized carbons (Fsp3) is 0.436. The zero-order valence-electron chi connectivity index (χ0n) is 78.2. The largest absolute Gasteiger partial charge is 0.851 e. The SMILES string of the molecule is CCCCC(CC)C(=O)Nc1cc(N(c2ccc(-c3c(OCC)cccc3OCC(C)C)cc2)c2ccc(-c3c(OCC(C)C)cccc3OCC(C)C)cc2)ccc1C1C([O-])C(c2ccc(N(c3ccc(-c4c(OCC(C)C)cccc4OCC(C)C)cc3)c3ccc(-c4c(OCC(C)C)cccc4OCC(C)C)cc3)cc2NC(=O)C(CC)CCCC)C1[O-]. The normalized spacial score (nSPS) is 14.9. The van der Waals surface area contributed by atoms with Crippen LogP contribution in [0.5, 0.6) is 46.0 Å². The molecule has 11 rings (SSSR count). The molecule has 0 spiro atoms. The van der Waals surface area contributed by atoms with Crippen molar-refractivity contribution in [2.75, 3.05) is 73.3 Å². The van der Waals surface area contributed by atoms with Crippen LogP contribution in [0.15, 0.2) is 206 Å². The van der Waals surface area contributed by atoms with Crippen molar-refractivity contribution in [1.82, 2.24) is 0 Å². The van der Waals surface area contributed by atoms with Gasteiger partial charge in [-0.15, -0.1) is 12.2 Å². The molecule has 10 aromatic carbocycles. The maximum atomic E-state index is 16.1. The maximum absolute atomic E-state index is 16.1. The summed E-state index contributed by atoms with van der Waals surface area (Å²) in [5.41, 5.74) is 13.1. The van der Waals surface area contributed by atoms with E-state index in [1.54, 1.807) is 0 Å². The van der Waals surface area contributed by atoms with Crippen LogP contribution in [0.2, 0.25) is 0 Å². The molecule has 672 valence electrons. The molecule has 0 bridgehead atoms. The fourth-order valence-electron chi connectivity index (χ4n) is 16.1. The molecule has 2 N–H and O–H groups in total. The second kappa shape index (κ2) is 46.0. The van der Waals surface area contributed by atoms with Crippen molar-refractivity contribution < 1.29 is 57.7 Å². The summed E-state index contributed by atoms with van der Waals surface area (Å²) in [7, 11) is 0. The van der Waals surface area contributed by atoms with Crippen LogP contribution in [-0.4, -0.2) is 76.9 Å². The van der Waals surface area contributed by atoms with Crippen LogP contribution in [0.1, 0.15) is 206 Å². The highest BCUT2D eigenvalue weighted by Gasteiger charge is 2.42. The Morgan fingerprint density at radius 3 is 0.738 bits per heavy atom. The van der Waals surface area contributed by atoms with Crippen LogP contribution in [0.25, 0.3) is 44.5 Å². The molecule has 4 unspecified atom stereocenters. The summed E-state index contributed by atoms with van der Waals surface area (Å²) in [6.07, 6.45) is 2.95. The number of nitrogens with one attached hydrogen (secondary N) is 2. The summed E-state index contributed by atoms with van der Waals surface area (Å²) in [6, 6.07) is 68.6. The van der Waals surface area contributed by atoms with E-state index in [1.165, 1.54) is 0 Å². The number of rotatable bonds is 47. The number of amides is 2. The molecule has 1 aliphatic carbocycles. The minimum atomic E-state index is -1.52. The molecule has 0 aliphatic heterocycles. The highest BCUT2D eigenvalue weighted by atomic mass is 16.5. The van der Waals surface area contributed by atoms with Gasteiger partial charge in [0.2, 0.25) is 11.8 Å². The van der Waals surface area contributed by atoms with Crippen molar-refractivity contribution in [1.29, 1.82) is 0 Å². The topological polar surface area (TPSA) is 185 Å². The molecule has 126 heavy (non-hydrogen) atoms. The summed E-state index contributed by atoms with van der Waals surface area (Å²) in [5.74, 6) is 4.35. The number of carbonyl (C=O) groups excluding carboxylic acids is 2. The van der Waals surface area contributed by atoms with E-state index in [-0.39, 0.29) is 65.1 Å². The lowest BCUT2D eigenvalue weighted by Gasteiger charge is -2.62. The summed E-state index contributed by atoms with van der Waals surface area (Å²) in [5, 5.41) is 39.1. The first-order valence-electron chi connectivity index (χ1n) is 46.5. The van der Waals surface area contributed by atoms with Crippen molar-refractivity contribution in [2.24, 2.45) is 53.3 Å². The predicted molar refractivity (Wildman–Crippen MR) is 514 cm³/mol. The number of benzene rings is 10. The molecule has 1 saturated carbocycles. The van der Waals surface area contributed by atoms with Crippen molar-refractivity contribution in [3.63, 3.8) is 0 Å². The number of carbonyl (C=O) groups is 2. The third-order valence-corrected chi connectivity index (χ3v) is 22.7. The molecular formula is C110H138N4O12-2. The van der Waals surface area contributed by atoms with E-state index in [9.17, 15) is 0 Å². The van der Waals surface area contributed by atoms with Gasteiger partial charge in [0.1, 0.15) is 46.0 Å². The van der Waals surface area contributed by atoms with Gasteiger partial charge >= 0.3 is 0 Å². The molecular weight excluding hydrogens is 1570 g/mol. The second-order valence-electron chi connectivity index (χ2n) is 36.7. The van der Waals surface area contributed by atoms with Crippen LogP contribution in [0.3, 0.4) is 0 Å². The fourth-order valence-corrected chi connectivity index (χ4v) is 16.1. The van der Waals surface area contributed by atoms with Gasteiger partial charge in [-0.1, -0.05) is 235 Å². The number of anilines is 8. The molecule has 10 aromatic rings. The Morgan fingerprint density at radius 2 is 0.532 bits per heavy atom. The van der Waals surface area contributed by atoms with E-state index in [2.05, 4.69) is 228 Å². The Bertz CT molecular complexity index is 4890. The van der Waals surface area contributed by atoms with Gasteiger partial charge in [-0.25, -0.2) is 0 Å². The van der Waals surface area contributed by atoms with Crippen molar-refractivity contribution in [3.05, 3.63) is 217 Å². The minimum Gasteiger partial charge on any atom is -0.851 e. The number of nitrogens with zero attached hydrogens (tertiary/aromatic N) is 2. The molecule has 0 saturated heterocycles. The van der Waals surface area contributed by atoms with Gasteiger partial charge in [0.05, 0.1) is 75.1 Å². The maximum Gasteiger partial charge on any atom is 0.227 e. The Hall–Kier alpha value is -10.9. The summed E-state index contributed by atoms with van der Waals surface area (Å²) < 4.78 is 52.2. The van der Waals surface area contributed by atoms with E-state index in [1.807, 2.05) is 130 Å². The quantitative estimate of drug-likeness (QED) is 0.0367. The van der Waals surface area contributed by atoms with Crippen LogP contribution < -0.4 is 68.5 Å². The van der Waals surface area contributed by atoms with Crippen LogP contribution in [0, 0.1) is 53.3 Å². The Morgan fingerprint density at radius 1 is 0.310 bits per heavy atom. The molecule has 0 aromatic heterocycles. The van der Waals surface area contributed by atoms with E-state index < -0.39 is 24.0 Å². The lowest BCUT2D eigenvalue weighted by atomic mass is 9.62. The molecule has 4 atom stereocenters. The summed E-state index contributed by atoms with van der Waals surface area (Å²) >= 11 is 0. The Labute approximate surface area is 752 Å². The van der Waals surface area contributed by atoms with Crippen LogP contribution >= 0.6 is 0 Å². The lowest BCUT2D eigenvalue weighted by Crippen LogP contribution is -2.63. The van der Waals surface area contributed by atoms with Crippen molar-refractivity contribution in [3.8, 4) is 90.5 Å². The molecule has 16 nitrogen and oxygen atoms in total. The average molecular weight is 1710 g/mol. The highest BCUT2D eigenvalue weighted by molar-refractivity contribution is 5.97. The third-order valence-electron chi connectivity index (χ3n) is 22.7. The van der Waals surface area contributed by atoms with Gasteiger partial charge in [0.25, 0.3) is 0 Å². The molecule has 2 amide bonds. The zero-order valence-corrected chi connectivity index (χ0v) is 78.2. The third kappa shape index (κ3) is 24.4. The first-order valence-corrected chi connectivity index (χ1v) is 46.5. The number of hydrogen-bond acceptors (Lipinski definition) is 14. The van der Waals surface area contributed by atoms with Crippen LogP contribution in [0.4, 0.5) is 45.5 Å². The molecule has 16 heteroatoms. The Kier molecular flexibility index (Phi) is 34.9. The summed E-state index contributed by atoms with van der Waals surface area (Å²) in [4.78, 5) is 34.6. The van der Waals surface area contributed by atoms with Gasteiger partial charge in [0.15, 0.2) is 0 Å².